The van der Waals surface area contributed by atoms with Crippen LogP contribution < -0.4 is 23.9 Å². The van der Waals surface area contributed by atoms with E-state index in [1.807, 2.05) is 19.1 Å². The van der Waals surface area contributed by atoms with E-state index in [0.29, 0.717) is 18.1 Å². The molecule has 0 saturated heterocycles. The number of anilines is 1. The molecule has 0 aliphatic heterocycles. The van der Waals surface area contributed by atoms with Gasteiger partial charge in [-0.25, -0.2) is 13.8 Å². The summed E-state index contributed by atoms with van der Waals surface area (Å²) in [6.07, 6.45) is 2.38. The van der Waals surface area contributed by atoms with Gasteiger partial charge in [0.1, 0.15) is 12.3 Å². The van der Waals surface area contributed by atoms with Gasteiger partial charge >= 0.3 is 0 Å². The molecule has 0 aromatic heterocycles. The highest BCUT2D eigenvalue weighted by molar-refractivity contribution is 7.92. The third kappa shape index (κ3) is 6.76. The smallest absolute Gasteiger partial charge is 0.264 e. The minimum Gasteiger partial charge on any atom is -0.494 e. The lowest BCUT2D eigenvalue weighted by Gasteiger charge is -2.24. The lowest BCUT2D eigenvalue weighted by molar-refractivity contribution is -0.119. The molecular weight excluding hydrogens is 482 g/mol. The van der Waals surface area contributed by atoms with Crippen molar-refractivity contribution in [3.05, 3.63) is 78.4 Å². The molecule has 0 saturated carbocycles. The summed E-state index contributed by atoms with van der Waals surface area (Å²) < 4.78 is 44.0. The molecule has 3 rings (SSSR count). The summed E-state index contributed by atoms with van der Waals surface area (Å²) in [6, 6.07) is 19.7. The van der Waals surface area contributed by atoms with Crippen molar-refractivity contribution in [1.29, 1.82) is 0 Å². The molecule has 1 N–H and O–H groups in total. The topological polar surface area (TPSA) is 107 Å². The molecule has 3 aromatic carbocycles. The minimum absolute atomic E-state index is 0.0430. The van der Waals surface area contributed by atoms with Crippen LogP contribution in [-0.4, -0.2) is 47.9 Å². The molecule has 10 heteroatoms. The van der Waals surface area contributed by atoms with Crippen LogP contribution in [0, 0.1) is 0 Å². The van der Waals surface area contributed by atoms with E-state index in [0.717, 1.165) is 22.0 Å². The van der Waals surface area contributed by atoms with Crippen LogP contribution >= 0.6 is 0 Å². The largest absolute Gasteiger partial charge is 0.494 e. The van der Waals surface area contributed by atoms with Crippen molar-refractivity contribution in [1.82, 2.24) is 5.43 Å². The highest BCUT2D eigenvalue weighted by Gasteiger charge is 2.28. The van der Waals surface area contributed by atoms with Crippen LogP contribution in [-0.2, 0) is 14.8 Å². The third-order valence-corrected chi connectivity index (χ3v) is 6.82. The van der Waals surface area contributed by atoms with Crippen molar-refractivity contribution in [2.75, 3.05) is 31.7 Å². The predicted octanol–water partition coefficient (Wildman–Crippen LogP) is 3.84. The van der Waals surface area contributed by atoms with E-state index >= 15 is 0 Å². The van der Waals surface area contributed by atoms with Gasteiger partial charge in [-0.1, -0.05) is 25.1 Å². The molecule has 0 fully saturated rings. The number of hydrogen-bond acceptors (Lipinski definition) is 7. The number of benzene rings is 3. The number of carbonyl (C=O) groups is 1. The van der Waals surface area contributed by atoms with Gasteiger partial charge in [-0.3, -0.25) is 9.10 Å². The number of hydrazone groups is 1. The van der Waals surface area contributed by atoms with Crippen LogP contribution in [0.3, 0.4) is 0 Å². The molecule has 0 aliphatic carbocycles. The first-order valence-corrected chi connectivity index (χ1v) is 12.7. The van der Waals surface area contributed by atoms with Crippen LogP contribution in [0.4, 0.5) is 5.69 Å². The highest BCUT2D eigenvalue weighted by atomic mass is 32.2. The van der Waals surface area contributed by atoms with Crippen molar-refractivity contribution in [2.45, 2.75) is 18.2 Å². The normalized spacial score (nSPS) is 11.2. The van der Waals surface area contributed by atoms with Crippen LogP contribution in [0.2, 0.25) is 0 Å². The lowest BCUT2D eigenvalue weighted by Crippen LogP contribution is -2.39. The van der Waals surface area contributed by atoms with Crippen molar-refractivity contribution >= 4 is 27.8 Å². The molecule has 0 aliphatic rings. The Morgan fingerprint density at radius 2 is 1.67 bits per heavy atom. The monoisotopic (exact) mass is 511 g/mol. The number of sulfonamides is 1. The minimum atomic E-state index is -4.07. The van der Waals surface area contributed by atoms with Crippen molar-refractivity contribution < 1.29 is 27.4 Å². The molecule has 1 amide bonds. The van der Waals surface area contributed by atoms with E-state index in [1.165, 1.54) is 38.6 Å². The number of rotatable bonds is 12. The first kappa shape index (κ1) is 26.6. The zero-order valence-electron chi connectivity index (χ0n) is 20.4. The Kier molecular flexibility index (Phi) is 9.29. The van der Waals surface area contributed by atoms with E-state index in [1.54, 1.807) is 42.5 Å². The maximum Gasteiger partial charge on any atom is 0.264 e. The number of amides is 1. The van der Waals surface area contributed by atoms with Crippen LogP contribution in [0.15, 0.2) is 82.8 Å². The number of nitrogens with one attached hydrogen (secondary N) is 1. The van der Waals surface area contributed by atoms with E-state index in [-0.39, 0.29) is 10.6 Å². The van der Waals surface area contributed by atoms with Gasteiger partial charge in [0, 0.05) is 6.07 Å². The van der Waals surface area contributed by atoms with E-state index in [2.05, 4.69) is 10.5 Å². The second-order valence-corrected chi connectivity index (χ2v) is 9.44. The van der Waals surface area contributed by atoms with Gasteiger partial charge in [-0.05, 0) is 60.5 Å². The SMILES string of the molecule is CCCOc1ccc(/C=N\NC(=O)CN(c2ccc(OC)c(OC)c2)S(=O)(=O)c2ccccc2)cc1. The second kappa shape index (κ2) is 12.6. The van der Waals surface area contributed by atoms with Gasteiger partial charge in [0.15, 0.2) is 11.5 Å². The fraction of sp³-hybridized carbons (Fsp3) is 0.231. The lowest BCUT2D eigenvalue weighted by atomic mass is 10.2. The fourth-order valence-corrected chi connectivity index (χ4v) is 4.66. The molecule has 0 radical (unpaired) electrons. The van der Waals surface area contributed by atoms with Gasteiger partial charge in [-0.2, -0.15) is 5.10 Å². The Balaban J connectivity index is 1.80. The zero-order valence-corrected chi connectivity index (χ0v) is 21.2. The van der Waals surface area contributed by atoms with Crippen LogP contribution in [0.5, 0.6) is 17.2 Å². The summed E-state index contributed by atoms with van der Waals surface area (Å²) in [5.41, 5.74) is 3.37. The summed E-state index contributed by atoms with van der Waals surface area (Å²) in [6.45, 7) is 2.15. The maximum absolute atomic E-state index is 13.4. The molecular formula is C26H29N3O6S. The van der Waals surface area contributed by atoms with Gasteiger partial charge in [0.2, 0.25) is 0 Å². The number of ether oxygens (including phenoxy) is 3. The standard InChI is InChI=1S/C26H29N3O6S/c1-4-16-35-22-13-10-20(11-14-22)18-27-28-26(30)19-29(36(31,32)23-8-6-5-7-9-23)21-12-15-24(33-2)25(17-21)34-3/h5-15,17-18H,4,16,19H2,1-3H3,(H,28,30)/b27-18-. The molecule has 0 spiro atoms. The number of nitrogens with zero attached hydrogens (tertiary/aromatic N) is 2. The summed E-state index contributed by atoms with van der Waals surface area (Å²) in [5, 5.41) is 3.96. The van der Waals surface area contributed by atoms with E-state index in [4.69, 9.17) is 14.2 Å². The van der Waals surface area contributed by atoms with Gasteiger partial charge in [0.25, 0.3) is 15.9 Å². The summed E-state index contributed by atoms with van der Waals surface area (Å²) in [5.74, 6) is 0.879. The first-order valence-electron chi connectivity index (χ1n) is 11.2. The van der Waals surface area contributed by atoms with Crippen LogP contribution in [0.1, 0.15) is 18.9 Å². The summed E-state index contributed by atoms with van der Waals surface area (Å²) in [7, 11) is -1.15. The molecule has 3 aromatic rings. The van der Waals surface area contributed by atoms with Crippen LogP contribution in [0.25, 0.3) is 0 Å². The number of carbonyl (C=O) groups excluding carboxylic acids is 1. The zero-order chi connectivity index (χ0) is 26.0. The number of methoxy groups -OCH3 is 2. The average Bonchev–Trinajstić information content (AvgIpc) is 2.91. The van der Waals surface area contributed by atoms with E-state index in [9.17, 15) is 13.2 Å². The van der Waals surface area contributed by atoms with Gasteiger partial charge in [0.05, 0.1) is 37.6 Å². The number of hydrogen-bond donors (Lipinski definition) is 1. The molecule has 0 heterocycles. The summed E-state index contributed by atoms with van der Waals surface area (Å²) >= 11 is 0. The molecule has 0 unspecified atom stereocenters. The van der Waals surface area contributed by atoms with Crippen molar-refractivity contribution in [3.63, 3.8) is 0 Å². The Hall–Kier alpha value is -4.05. The molecule has 9 nitrogen and oxygen atoms in total. The maximum atomic E-state index is 13.4. The Bertz CT molecular complexity index is 1280. The Morgan fingerprint density at radius 3 is 2.31 bits per heavy atom. The molecule has 0 atom stereocenters. The third-order valence-electron chi connectivity index (χ3n) is 5.03. The van der Waals surface area contributed by atoms with Crippen molar-refractivity contribution in [2.24, 2.45) is 5.10 Å². The van der Waals surface area contributed by atoms with E-state index < -0.39 is 22.5 Å². The Morgan fingerprint density at radius 1 is 0.972 bits per heavy atom. The molecule has 0 bridgehead atoms. The first-order chi connectivity index (χ1) is 17.4. The Labute approximate surface area is 211 Å². The van der Waals surface area contributed by atoms with Crippen molar-refractivity contribution in [3.8, 4) is 17.2 Å². The quantitative estimate of drug-likeness (QED) is 0.293. The molecule has 36 heavy (non-hydrogen) atoms. The highest BCUT2D eigenvalue weighted by Crippen LogP contribution is 2.33. The van der Waals surface area contributed by atoms with Gasteiger partial charge < -0.3 is 14.2 Å². The average molecular weight is 512 g/mol. The van der Waals surface area contributed by atoms with Gasteiger partial charge in [-0.15, -0.1) is 0 Å². The molecule has 190 valence electrons. The fourth-order valence-electron chi connectivity index (χ4n) is 3.23. The second-order valence-electron chi connectivity index (χ2n) is 7.57. The summed E-state index contributed by atoms with van der Waals surface area (Å²) in [4.78, 5) is 12.8. The predicted molar refractivity (Wildman–Crippen MR) is 138 cm³/mol.